The highest BCUT2D eigenvalue weighted by Gasteiger charge is 2.24. The van der Waals surface area contributed by atoms with Crippen molar-refractivity contribution in [3.05, 3.63) is 41.6 Å². The van der Waals surface area contributed by atoms with Gasteiger partial charge in [-0.3, -0.25) is 4.79 Å². The highest BCUT2D eigenvalue weighted by molar-refractivity contribution is 7.19. The Morgan fingerprint density at radius 2 is 2.14 bits per heavy atom. The third kappa shape index (κ3) is 3.30. The normalized spacial score (nSPS) is 18.3. The van der Waals surface area contributed by atoms with Crippen molar-refractivity contribution in [3.8, 4) is 0 Å². The first-order valence-corrected chi connectivity index (χ1v) is 8.50. The first-order chi connectivity index (χ1) is 10.6. The monoisotopic (exact) mass is 315 g/mol. The summed E-state index contributed by atoms with van der Waals surface area (Å²) in [6, 6.07) is 10.7. The van der Waals surface area contributed by atoms with Gasteiger partial charge in [0, 0.05) is 25.9 Å². The van der Waals surface area contributed by atoms with Crippen molar-refractivity contribution in [2.24, 2.45) is 0 Å². The van der Waals surface area contributed by atoms with Gasteiger partial charge in [-0.05, 0) is 25.3 Å². The number of nitrogens with one attached hydrogen (secondary N) is 1. The fourth-order valence-electron chi connectivity index (χ4n) is 3.04. The largest absolute Gasteiger partial charge is 0.361 e. The fraction of sp³-hybridized carbons (Fsp3) is 0.412. The Kier molecular flexibility index (Phi) is 4.43. The fourth-order valence-corrected chi connectivity index (χ4v) is 4.09. The van der Waals surface area contributed by atoms with E-state index in [-0.39, 0.29) is 5.91 Å². The van der Waals surface area contributed by atoms with Crippen LogP contribution in [-0.4, -0.2) is 24.0 Å². The van der Waals surface area contributed by atoms with Gasteiger partial charge in [0.05, 0.1) is 5.69 Å². The molecule has 1 unspecified atom stereocenters. The molecular weight excluding hydrogens is 294 g/mol. The molecule has 1 N–H and O–H groups in total. The minimum atomic E-state index is -0.0684. The Balaban J connectivity index is 1.77. The predicted molar refractivity (Wildman–Crippen MR) is 91.8 cm³/mol. The van der Waals surface area contributed by atoms with Crippen molar-refractivity contribution in [2.75, 3.05) is 23.3 Å². The number of nitrogens with zero attached hydrogens (tertiary/aromatic N) is 2. The zero-order valence-corrected chi connectivity index (χ0v) is 13.8. The van der Waals surface area contributed by atoms with Crippen LogP contribution in [0.15, 0.2) is 30.3 Å². The lowest BCUT2D eigenvalue weighted by Crippen LogP contribution is -2.34. The lowest BCUT2D eigenvalue weighted by molar-refractivity contribution is -0.114. The number of thiazole rings is 1. The molecule has 1 aliphatic heterocycles. The molecule has 1 aromatic carbocycles. The molecule has 2 heterocycles. The minimum Gasteiger partial charge on any atom is -0.361 e. The van der Waals surface area contributed by atoms with E-state index in [0.29, 0.717) is 11.0 Å². The summed E-state index contributed by atoms with van der Waals surface area (Å²) in [6.07, 6.45) is 2.42. The molecule has 22 heavy (non-hydrogen) atoms. The lowest BCUT2D eigenvalue weighted by atomic mass is 9.91. The summed E-state index contributed by atoms with van der Waals surface area (Å²) in [5, 5.41) is 4.67. The van der Waals surface area contributed by atoms with Crippen LogP contribution in [0.5, 0.6) is 0 Å². The Morgan fingerprint density at radius 1 is 1.36 bits per heavy atom. The van der Waals surface area contributed by atoms with Crippen molar-refractivity contribution >= 4 is 27.4 Å². The number of piperidine rings is 1. The van der Waals surface area contributed by atoms with Crippen LogP contribution >= 0.6 is 11.3 Å². The van der Waals surface area contributed by atoms with Gasteiger partial charge in [0.15, 0.2) is 5.13 Å². The van der Waals surface area contributed by atoms with E-state index < -0.39 is 0 Å². The third-order valence-electron chi connectivity index (χ3n) is 4.03. The third-order valence-corrected chi connectivity index (χ3v) is 5.17. The number of hydrogen-bond donors (Lipinski definition) is 1. The second-order valence-corrected chi connectivity index (χ2v) is 6.76. The number of carbonyl (C=O) groups is 1. The first kappa shape index (κ1) is 15.0. The molecule has 1 aliphatic rings. The summed E-state index contributed by atoms with van der Waals surface area (Å²) < 4.78 is 0. The maximum absolute atomic E-state index is 11.2. The predicted octanol–water partition coefficient (Wildman–Crippen LogP) is 3.79. The van der Waals surface area contributed by atoms with Crippen LogP contribution in [-0.2, 0) is 4.79 Å². The summed E-state index contributed by atoms with van der Waals surface area (Å²) >= 11 is 1.57. The van der Waals surface area contributed by atoms with Crippen LogP contribution in [0.1, 0.15) is 36.9 Å². The highest BCUT2D eigenvalue weighted by atomic mass is 32.1. The summed E-state index contributed by atoms with van der Waals surface area (Å²) in [5.74, 6) is 0.502. The van der Waals surface area contributed by atoms with Gasteiger partial charge >= 0.3 is 0 Å². The van der Waals surface area contributed by atoms with E-state index >= 15 is 0 Å². The van der Waals surface area contributed by atoms with Gasteiger partial charge in [0.1, 0.15) is 5.00 Å². The molecule has 0 saturated carbocycles. The smallest absolute Gasteiger partial charge is 0.223 e. The minimum absolute atomic E-state index is 0.0684. The van der Waals surface area contributed by atoms with Crippen LogP contribution < -0.4 is 10.2 Å². The number of aryl methyl sites for hydroxylation is 1. The summed E-state index contributed by atoms with van der Waals surface area (Å²) in [6.45, 7) is 5.62. The molecule has 1 amide bonds. The van der Waals surface area contributed by atoms with Crippen LogP contribution in [0.25, 0.3) is 0 Å². The first-order valence-electron chi connectivity index (χ1n) is 7.68. The van der Waals surface area contributed by atoms with E-state index in [1.54, 1.807) is 11.3 Å². The Hall–Kier alpha value is -1.88. The second-order valence-electron chi connectivity index (χ2n) is 5.79. The van der Waals surface area contributed by atoms with Gasteiger partial charge in [-0.1, -0.05) is 41.7 Å². The molecule has 0 aliphatic carbocycles. The molecule has 3 rings (SSSR count). The van der Waals surface area contributed by atoms with Crippen LogP contribution in [0.4, 0.5) is 10.1 Å². The van der Waals surface area contributed by atoms with Crippen molar-refractivity contribution in [1.82, 2.24) is 4.98 Å². The van der Waals surface area contributed by atoms with Crippen molar-refractivity contribution in [2.45, 2.75) is 32.6 Å². The summed E-state index contributed by atoms with van der Waals surface area (Å²) in [7, 11) is 0. The number of anilines is 2. The van der Waals surface area contributed by atoms with Gasteiger partial charge in [0.2, 0.25) is 5.91 Å². The van der Waals surface area contributed by atoms with E-state index in [1.165, 1.54) is 30.3 Å². The van der Waals surface area contributed by atoms with Gasteiger partial charge in [-0.2, -0.15) is 0 Å². The standard InChI is InChI=1S/C17H21N3OS/c1-12-16(22-17(18-12)19-13(2)21)20-10-6-9-15(11-20)14-7-4-3-5-8-14/h3-5,7-8,15H,6,9-11H2,1-2H3,(H,18,19,21). The van der Waals surface area contributed by atoms with Crippen LogP contribution in [0.3, 0.4) is 0 Å². The summed E-state index contributed by atoms with van der Waals surface area (Å²) in [4.78, 5) is 18.1. The number of aromatic nitrogens is 1. The molecule has 4 nitrogen and oxygen atoms in total. The lowest BCUT2D eigenvalue weighted by Gasteiger charge is -2.33. The maximum Gasteiger partial charge on any atom is 0.223 e. The van der Waals surface area contributed by atoms with E-state index in [9.17, 15) is 4.79 Å². The Labute approximate surface area is 135 Å². The van der Waals surface area contributed by atoms with Gasteiger partial charge in [-0.25, -0.2) is 4.98 Å². The van der Waals surface area contributed by atoms with Crippen LogP contribution in [0, 0.1) is 6.92 Å². The van der Waals surface area contributed by atoms with Gasteiger partial charge in [-0.15, -0.1) is 0 Å². The molecule has 0 spiro atoms. The second kappa shape index (κ2) is 6.48. The molecular formula is C17H21N3OS. The molecule has 1 atom stereocenters. The topological polar surface area (TPSA) is 45.2 Å². The highest BCUT2D eigenvalue weighted by Crippen LogP contribution is 2.36. The number of rotatable bonds is 3. The summed E-state index contributed by atoms with van der Waals surface area (Å²) in [5.41, 5.74) is 2.42. The SMILES string of the molecule is CC(=O)Nc1nc(C)c(N2CCCC(c3ccccc3)C2)s1. The van der Waals surface area contributed by atoms with Crippen molar-refractivity contribution < 1.29 is 4.79 Å². The quantitative estimate of drug-likeness (QED) is 0.937. The zero-order chi connectivity index (χ0) is 15.5. The molecule has 0 radical (unpaired) electrons. The van der Waals surface area contributed by atoms with E-state index in [2.05, 4.69) is 45.5 Å². The number of hydrogen-bond acceptors (Lipinski definition) is 4. The Bertz CT molecular complexity index is 653. The maximum atomic E-state index is 11.2. The molecule has 1 fully saturated rings. The Morgan fingerprint density at radius 3 is 2.86 bits per heavy atom. The molecule has 5 heteroatoms. The average Bonchev–Trinajstić information content (AvgIpc) is 2.88. The number of benzene rings is 1. The molecule has 116 valence electrons. The molecule has 0 bridgehead atoms. The number of amides is 1. The zero-order valence-electron chi connectivity index (χ0n) is 13.0. The molecule has 1 saturated heterocycles. The van der Waals surface area contributed by atoms with Gasteiger partial charge in [0.25, 0.3) is 0 Å². The van der Waals surface area contributed by atoms with E-state index in [4.69, 9.17) is 0 Å². The van der Waals surface area contributed by atoms with Crippen LogP contribution in [0.2, 0.25) is 0 Å². The van der Waals surface area contributed by atoms with Crippen molar-refractivity contribution in [1.29, 1.82) is 0 Å². The van der Waals surface area contributed by atoms with Crippen molar-refractivity contribution in [3.63, 3.8) is 0 Å². The molecule has 2 aromatic rings. The van der Waals surface area contributed by atoms with E-state index in [0.717, 1.165) is 18.8 Å². The van der Waals surface area contributed by atoms with E-state index in [1.807, 2.05) is 6.92 Å². The molecule has 1 aromatic heterocycles. The average molecular weight is 315 g/mol. The van der Waals surface area contributed by atoms with Gasteiger partial charge < -0.3 is 10.2 Å². The number of carbonyl (C=O) groups excluding carboxylic acids is 1.